The molecule has 2 aliphatic rings. The molecule has 9 nitrogen and oxygen atoms in total. The third kappa shape index (κ3) is 6.95. The Morgan fingerprint density at radius 3 is 2.48 bits per heavy atom. The number of aromatic nitrogens is 2. The molecule has 2 saturated heterocycles. The van der Waals surface area contributed by atoms with Gasteiger partial charge in [-0.1, -0.05) is 62.3 Å². The molecule has 3 aromatic rings. The van der Waals surface area contributed by atoms with Crippen LogP contribution in [0.2, 0.25) is 0 Å². The first-order valence-corrected chi connectivity index (χ1v) is 14.2. The summed E-state index contributed by atoms with van der Waals surface area (Å²) < 4.78 is 11.1. The fraction of sp³-hybridized carbons (Fsp3) is 0.484. The number of ether oxygens (including phenoxy) is 1. The van der Waals surface area contributed by atoms with Crippen molar-refractivity contribution in [3.05, 3.63) is 65.5 Å². The van der Waals surface area contributed by atoms with Gasteiger partial charge in [0, 0.05) is 24.6 Å². The monoisotopic (exact) mass is 545 g/mol. The van der Waals surface area contributed by atoms with E-state index in [1.807, 2.05) is 18.2 Å². The molecule has 0 radical (unpaired) electrons. The van der Waals surface area contributed by atoms with Gasteiger partial charge in [0.1, 0.15) is 0 Å². The fourth-order valence-electron chi connectivity index (χ4n) is 5.23. The van der Waals surface area contributed by atoms with Crippen molar-refractivity contribution in [2.45, 2.75) is 64.5 Å². The van der Waals surface area contributed by atoms with Crippen molar-refractivity contribution in [1.29, 1.82) is 0 Å². The lowest BCUT2D eigenvalue weighted by molar-refractivity contribution is -0.121. The standard InChI is InChI=1S/C31H39N5O4/c1-31(2,3)23-12-10-21(11-13-23)28-34-27(40-35-28)20-36-16-14-22(15-17-36)29(37)33-26-9-5-4-8-25(26)30(38)32-19-24-7-6-18-39-24/h4-5,8-13,22,24H,6-7,14-20H2,1-3H3,(H,32,38)(H,33,37). The number of anilines is 1. The van der Waals surface area contributed by atoms with Crippen molar-refractivity contribution >= 4 is 17.5 Å². The molecule has 0 aliphatic carbocycles. The summed E-state index contributed by atoms with van der Waals surface area (Å²) in [6.45, 7) is 9.83. The predicted octanol–water partition coefficient (Wildman–Crippen LogP) is 4.79. The van der Waals surface area contributed by atoms with Crippen LogP contribution in [0.3, 0.4) is 0 Å². The molecule has 0 bridgehead atoms. The number of carbonyl (C=O) groups is 2. The van der Waals surface area contributed by atoms with Gasteiger partial charge >= 0.3 is 0 Å². The van der Waals surface area contributed by atoms with Gasteiger partial charge in [0.05, 0.1) is 23.9 Å². The number of likely N-dealkylation sites (tertiary alicyclic amines) is 1. The normalized spacial score (nSPS) is 18.5. The van der Waals surface area contributed by atoms with Crippen molar-refractivity contribution in [2.24, 2.45) is 5.92 Å². The topological polar surface area (TPSA) is 110 Å². The van der Waals surface area contributed by atoms with Crippen LogP contribution in [0.25, 0.3) is 11.4 Å². The van der Waals surface area contributed by atoms with E-state index in [0.29, 0.717) is 48.9 Å². The van der Waals surface area contributed by atoms with Gasteiger partial charge in [-0.2, -0.15) is 4.98 Å². The Bertz CT molecular complexity index is 1300. The molecular weight excluding hydrogens is 506 g/mol. The molecule has 5 rings (SSSR count). The third-order valence-electron chi connectivity index (χ3n) is 7.74. The van der Waals surface area contributed by atoms with Crippen LogP contribution < -0.4 is 10.6 Å². The van der Waals surface area contributed by atoms with Crippen molar-refractivity contribution in [3.63, 3.8) is 0 Å². The van der Waals surface area contributed by atoms with Gasteiger partial charge in [0.25, 0.3) is 5.91 Å². The molecule has 1 atom stereocenters. The van der Waals surface area contributed by atoms with Crippen LogP contribution in [0, 0.1) is 5.92 Å². The fourth-order valence-corrected chi connectivity index (χ4v) is 5.23. The summed E-state index contributed by atoms with van der Waals surface area (Å²) in [6.07, 6.45) is 3.47. The first-order valence-electron chi connectivity index (χ1n) is 14.2. The number of amides is 2. The molecule has 1 aromatic heterocycles. The van der Waals surface area contributed by atoms with E-state index < -0.39 is 0 Å². The molecule has 1 unspecified atom stereocenters. The zero-order valence-corrected chi connectivity index (χ0v) is 23.6. The maximum atomic E-state index is 13.1. The van der Waals surface area contributed by atoms with Crippen LogP contribution in [0.4, 0.5) is 5.69 Å². The van der Waals surface area contributed by atoms with Gasteiger partial charge in [-0.15, -0.1) is 0 Å². The van der Waals surface area contributed by atoms with Crippen molar-refractivity contribution in [3.8, 4) is 11.4 Å². The van der Waals surface area contributed by atoms with E-state index in [0.717, 1.165) is 38.1 Å². The molecule has 2 amide bonds. The molecule has 2 fully saturated rings. The van der Waals surface area contributed by atoms with Gasteiger partial charge < -0.3 is 19.9 Å². The highest BCUT2D eigenvalue weighted by Gasteiger charge is 2.27. The van der Waals surface area contributed by atoms with Crippen LogP contribution in [0.5, 0.6) is 0 Å². The summed E-state index contributed by atoms with van der Waals surface area (Å²) in [7, 11) is 0. The summed E-state index contributed by atoms with van der Waals surface area (Å²) in [4.78, 5) is 32.7. The van der Waals surface area contributed by atoms with E-state index in [-0.39, 0.29) is 29.3 Å². The van der Waals surface area contributed by atoms with E-state index in [1.165, 1.54) is 5.56 Å². The molecule has 3 heterocycles. The number of rotatable bonds is 8. The second-order valence-corrected chi connectivity index (χ2v) is 11.8. The lowest BCUT2D eigenvalue weighted by Crippen LogP contribution is -2.38. The van der Waals surface area contributed by atoms with Crippen LogP contribution >= 0.6 is 0 Å². The number of piperidine rings is 1. The Kier molecular flexibility index (Phi) is 8.61. The molecule has 0 spiro atoms. The van der Waals surface area contributed by atoms with Gasteiger partial charge in [-0.05, 0) is 61.9 Å². The number of carbonyl (C=O) groups excluding carboxylic acids is 2. The molecular formula is C31H39N5O4. The molecule has 2 aliphatic heterocycles. The minimum absolute atomic E-state index is 0.0576. The number of hydrogen-bond acceptors (Lipinski definition) is 7. The average Bonchev–Trinajstić information content (AvgIpc) is 3.65. The highest BCUT2D eigenvalue weighted by Crippen LogP contribution is 2.26. The maximum absolute atomic E-state index is 13.1. The van der Waals surface area contributed by atoms with Crippen molar-refractivity contribution < 1.29 is 18.8 Å². The highest BCUT2D eigenvalue weighted by atomic mass is 16.5. The minimum Gasteiger partial charge on any atom is -0.376 e. The SMILES string of the molecule is CC(C)(C)c1ccc(-c2noc(CN3CCC(C(=O)Nc4ccccc4C(=O)NCC4CCCO4)CC3)n2)cc1. The van der Waals surface area contributed by atoms with Gasteiger partial charge in [-0.3, -0.25) is 14.5 Å². The van der Waals surface area contributed by atoms with Crippen LogP contribution in [-0.4, -0.2) is 59.2 Å². The molecule has 0 saturated carbocycles. The van der Waals surface area contributed by atoms with E-state index in [4.69, 9.17) is 9.26 Å². The van der Waals surface area contributed by atoms with Gasteiger partial charge in [0.2, 0.25) is 17.6 Å². The summed E-state index contributed by atoms with van der Waals surface area (Å²) in [6, 6.07) is 15.4. The highest BCUT2D eigenvalue weighted by molar-refractivity contribution is 6.04. The van der Waals surface area contributed by atoms with Crippen LogP contribution in [0.1, 0.15) is 68.3 Å². The Hall–Kier alpha value is -3.56. The zero-order chi connectivity index (χ0) is 28.1. The quantitative estimate of drug-likeness (QED) is 0.419. The molecule has 2 N–H and O–H groups in total. The largest absolute Gasteiger partial charge is 0.376 e. The number of nitrogens with one attached hydrogen (secondary N) is 2. The molecule has 2 aromatic carbocycles. The minimum atomic E-state index is -0.203. The summed E-state index contributed by atoms with van der Waals surface area (Å²) in [5, 5.41) is 10.1. The first kappa shape index (κ1) is 28.0. The predicted molar refractivity (Wildman–Crippen MR) is 153 cm³/mol. The number of para-hydroxylation sites is 1. The van der Waals surface area contributed by atoms with E-state index in [2.05, 4.69) is 58.6 Å². The average molecular weight is 546 g/mol. The molecule has 40 heavy (non-hydrogen) atoms. The van der Waals surface area contributed by atoms with Gasteiger partial charge in [0.15, 0.2) is 0 Å². The Balaban J connectivity index is 1.11. The van der Waals surface area contributed by atoms with Crippen LogP contribution in [-0.2, 0) is 21.5 Å². The lowest BCUT2D eigenvalue weighted by atomic mass is 9.87. The Morgan fingerprint density at radius 1 is 1.02 bits per heavy atom. The first-order chi connectivity index (χ1) is 19.3. The zero-order valence-electron chi connectivity index (χ0n) is 23.6. The van der Waals surface area contributed by atoms with Gasteiger partial charge in [-0.25, -0.2) is 0 Å². The number of benzene rings is 2. The van der Waals surface area contributed by atoms with Crippen LogP contribution in [0.15, 0.2) is 53.1 Å². The molecule has 9 heteroatoms. The maximum Gasteiger partial charge on any atom is 0.253 e. The Morgan fingerprint density at radius 2 is 1.77 bits per heavy atom. The lowest BCUT2D eigenvalue weighted by Gasteiger charge is -2.30. The number of hydrogen-bond donors (Lipinski definition) is 2. The van der Waals surface area contributed by atoms with E-state index in [9.17, 15) is 9.59 Å². The van der Waals surface area contributed by atoms with E-state index >= 15 is 0 Å². The van der Waals surface area contributed by atoms with Crippen molar-refractivity contribution in [2.75, 3.05) is 31.6 Å². The van der Waals surface area contributed by atoms with E-state index in [1.54, 1.807) is 18.2 Å². The van der Waals surface area contributed by atoms with Crippen molar-refractivity contribution in [1.82, 2.24) is 20.4 Å². The third-order valence-corrected chi connectivity index (χ3v) is 7.74. The summed E-state index contributed by atoms with van der Waals surface area (Å²) >= 11 is 0. The summed E-state index contributed by atoms with van der Waals surface area (Å²) in [5.41, 5.74) is 3.28. The summed E-state index contributed by atoms with van der Waals surface area (Å²) in [5.74, 6) is 0.769. The Labute approximate surface area is 235 Å². The smallest absolute Gasteiger partial charge is 0.253 e. The second-order valence-electron chi connectivity index (χ2n) is 11.8. The second kappa shape index (κ2) is 12.3. The number of nitrogens with zero attached hydrogens (tertiary/aromatic N) is 3. The molecule has 212 valence electrons.